The number of rotatable bonds is 6. The summed E-state index contributed by atoms with van der Waals surface area (Å²) in [6.45, 7) is 5.53. The average molecular weight is 474 g/mol. The minimum absolute atomic E-state index is 0.0868. The van der Waals surface area contributed by atoms with E-state index in [-0.39, 0.29) is 42.8 Å². The molecular formula is C19H27N3O7S2. The first-order valence-electron chi connectivity index (χ1n) is 10.1. The van der Waals surface area contributed by atoms with E-state index in [2.05, 4.69) is 0 Å². The fraction of sp³-hybridized carbons (Fsp3) is 0.632. The van der Waals surface area contributed by atoms with Gasteiger partial charge in [-0.3, -0.25) is 9.59 Å². The second-order valence-electron chi connectivity index (χ2n) is 7.83. The van der Waals surface area contributed by atoms with Crippen molar-refractivity contribution in [2.24, 2.45) is 11.7 Å². The molecule has 0 radical (unpaired) electrons. The average Bonchev–Trinajstić information content (AvgIpc) is 3.29. The molecular weight excluding hydrogens is 446 g/mol. The third-order valence-corrected chi connectivity index (χ3v) is 9.09. The summed E-state index contributed by atoms with van der Waals surface area (Å²) in [7, 11) is -3.67. The molecule has 1 aromatic heterocycles. The smallest absolute Gasteiger partial charge is 0.405 e. The third-order valence-electron chi connectivity index (χ3n) is 5.82. The lowest BCUT2D eigenvalue weighted by atomic mass is 9.76. The monoisotopic (exact) mass is 473 g/mol. The van der Waals surface area contributed by atoms with Gasteiger partial charge in [0.05, 0.1) is 12.1 Å². The van der Waals surface area contributed by atoms with Crippen molar-refractivity contribution in [1.29, 1.82) is 0 Å². The van der Waals surface area contributed by atoms with Crippen LogP contribution in [0.4, 0.5) is 4.79 Å². The number of nitrogens with zero attached hydrogens (tertiary/aromatic N) is 2. The molecule has 0 saturated carbocycles. The topological polar surface area (TPSA) is 136 Å². The summed E-state index contributed by atoms with van der Waals surface area (Å²) in [4.78, 5) is 39.1. The molecule has 3 heterocycles. The maximum absolute atomic E-state index is 13.2. The van der Waals surface area contributed by atoms with Gasteiger partial charge in [0.15, 0.2) is 6.10 Å². The van der Waals surface area contributed by atoms with E-state index in [9.17, 15) is 22.8 Å². The van der Waals surface area contributed by atoms with Gasteiger partial charge in [-0.1, -0.05) is 6.07 Å². The van der Waals surface area contributed by atoms with Crippen molar-refractivity contribution in [3.8, 4) is 0 Å². The lowest BCUT2D eigenvalue weighted by Gasteiger charge is -2.47. The van der Waals surface area contributed by atoms with E-state index in [0.29, 0.717) is 0 Å². The highest BCUT2D eigenvalue weighted by molar-refractivity contribution is 7.91. The number of thiophene rings is 1. The highest BCUT2D eigenvalue weighted by Gasteiger charge is 2.65. The van der Waals surface area contributed by atoms with Gasteiger partial charge >= 0.3 is 12.1 Å². The quantitative estimate of drug-likeness (QED) is 0.612. The molecule has 1 aromatic rings. The normalized spacial score (nSPS) is 24.0. The van der Waals surface area contributed by atoms with E-state index in [1.165, 1.54) is 9.21 Å². The molecule has 2 saturated heterocycles. The van der Waals surface area contributed by atoms with Crippen LogP contribution in [0.3, 0.4) is 0 Å². The van der Waals surface area contributed by atoms with Gasteiger partial charge in [0.1, 0.15) is 10.1 Å². The highest BCUT2D eigenvalue weighted by Crippen LogP contribution is 2.47. The van der Waals surface area contributed by atoms with E-state index in [0.717, 1.165) is 11.3 Å². The molecule has 1 spiro atoms. The Balaban J connectivity index is 1.98. The van der Waals surface area contributed by atoms with Gasteiger partial charge in [-0.25, -0.2) is 13.2 Å². The van der Waals surface area contributed by atoms with Crippen LogP contribution in [0.15, 0.2) is 21.7 Å². The Kier molecular flexibility index (Phi) is 6.63. The van der Waals surface area contributed by atoms with Gasteiger partial charge in [-0.05, 0) is 45.1 Å². The Hall–Kier alpha value is -2.18. The lowest BCUT2D eigenvalue weighted by molar-refractivity contribution is -0.156. The lowest BCUT2D eigenvalue weighted by Crippen LogP contribution is -2.60. The largest absolute Gasteiger partial charge is 0.466 e. The molecule has 2 amide bonds. The first-order chi connectivity index (χ1) is 14.6. The van der Waals surface area contributed by atoms with Crippen LogP contribution in [0.25, 0.3) is 0 Å². The van der Waals surface area contributed by atoms with Crippen molar-refractivity contribution in [3.05, 3.63) is 17.5 Å². The minimum Gasteiger partial charge on any atom is -0.466 e. The van der Waals surface area contributed by atoms with Crippen LogP contribution in [0.5, 0.6) is 0 Å². The number of likely N-dealkylation sites (tertiary alicyclic amines) is 1. The number of ether oxygens (including phenoxy) is 2. The van der Waals surface area contributed by atoms with Crippen molar-refractivity contribution < 1.29 is 32.3 Å². The summed E-state index contributed by atoms with van der Waals surface area (Å²) in [5.74, 6) is -2.29. The molecule has 10 nitrogen and oxygen atoms in total. The van der Waals surface area contributed by atoms with Crippen LogP contribution in [0, 0.1) is 5.92 Å². The molecule has 2 N–H and O–H groups in total. The predicted molar refractivity (Wildman–Crippen MR) is 112 cm³/mol. The maximum Gasteiger partial charge on any atom is 0.405 e. The summed E-state index contributed by atoms with van der Waals surface area (Å²) in [6, 6.07) is 2.90. The van der Waals surface area contributed by atoms with Crippen molar-refractivity contribution in [3.63, 3.8) is 0 Å². The van der Waals surface area contributed by atoms with E-state index >= 15 is 0 Å². The van der Waals surface area contributed by atoms with Gasteiger partial charge in [-0.2, -0.15) is 4.31 Å². The SMILES string of the molecule is CCOC(=O)[C@@H]1[C@@H](OC(N)=O)C(=O)N(C(C)C)C12CCN(S(=O)(=O)c1cccs1)CC2. The van der Waals surface area contributed by atoms with E-state index in [1.807, 2.05) is 0 Å². The third kappa shape index (κ3) is 4.03. The van der Waals surface area contributed by atoms with Gasteiger partial charge in [-0.15, -0.1) is 11.3 Å². The zero-order valence-electron chi connectivity index (χ0n) is 17.6. The van der Waals surface area contributed by atoms with E-state index in [1.54, 1.807) is 38.3 Å². The molecule has 0 aromatic carbocycles. The number of carbonyl (C=O) groups is 3. The summed E-state index contributed by atoms with van der Waals surface area (Å²) in [6.07, 6.45) is -2.17. The van der Waals surface area contributed by atoms with Crippen LogP contribution >= 0.6 is 11.3 Å². The van der Waals surface area contributed by atoms with Crippen molar-refractivity contribution in [2.45, 2.75) is 55.5 Å². The second kappa shape index (κ2) is 8.75. The highest BCUT2D eigenvalue weighted by atomic mass is 32.2. The number of esters is 1. The molecule has 3 rings (SSSR count). The number of primary amides is 1. The van der Waals surface area contributed by atoms with Crippen LogP contribution in [-0.2, 0) is 29.1 Å². The molecule has 2 atom stereocenters. The maximum atomic E-state index is 13.2. The predicted octanol–water partition coefficient (Wildman–Crippen LogP) is 1.17. The number of piperidine rings is 1. The van der Waals surface area contributed by atoms with Gasteiger partial charge in [0.2, 0.25) is 0 Å². The zero-order valence-corrected chi connectivity index (χ0v) is 19.3. The van der Waals surface area contributed by atoms with Crippen molar-refractivity contribution in [2.75, 3.05) is 19.7 Å². The summed E-state index contributed by atoms with van der Waals surface area (Å²) < 4.78 is 37.8. The van der Waals surface area contributed by atoms with Crippen molar-refractivity contribution in [1.82, 2.24) is 9.21 Å². The molecule has 0 aliphatic carbocycles. The molecule has 172 valence electrons. The Morgan fingerprint density at radius 2 is 1.97 bits per heavy atom. The van der Waals surface area contributed by atoms with Gasteiger partial charge in [0.25, 0.3) is 15.9 Å². The molecule has 12 heteroatoms. The fourth-order valence-corrected chi connectivity index (χ4v) is 7.31. The second-order valence-corrected chi connectivity index (χ2v) is 10.9. The Morgan fingerprint density at radius 3 is 2.45 bits per heavy atom. The summed E-state index contributed by atoms with van der Waals surface area (Å²) >= 11 is 1.13. The molecule has 2 aliphatic rings. The van der Waals surface area contributed by atoms with Crippen molar-refractivity contribution >= 4 is 39.3 Å². The van der Waals surface area contributed by atoms with E-state index in [4.69, 9.17) is 15.2 Å². The van der Waals surface area contributed by atoms with Crippen LogP contribution in [0.2, 0.25) is 0 Å². The standard InChI is InChI=1S/C19H27N3O7S2/c1-4-28-17(24)14-15(29-18(20)25)16(23)22(12(2)3)19(14)7-9-21(10-8-19)31(26,27)13-6-5-11-30-13/h5-6,11-12,14-15H,4,7-10H2,1-3H3,(H2,20,25)/t14-,15+/m0/s1. The fourth-order valence-electron chi connectivity index (χ4n) is 4.72. The Bertz CT molecular complexity index is 938. The number of sulfonamides is 1. The number of carbonyl (C=O) groups excluding carboxylic acids is 3. The Morgan fingerprint density at radius 1 is 1.32 bits per heavy atom. The molecule has 0 unspecified atom stereocenters. The molecule has 31 heavy (non-hydrogen) atoms. The number of nitrogens with two attached hydrogens (primary N) is 1. The molecule has 2 fully saturated rings. The van der Waals surface area contributed by atoms with Gasteiger partial charge in [0, 0.05) is 19.1 Å². The zero-order chi connectivity index (χ0) is 23.0. The first kappa shape index (κ1) is 23.5. The van der Waals surface area contributed by atoms with E-state index < -0.39 is 45.6 Å². The van der Waals surface area contributed by atoms with Crippen LogP contribution in [-0.4, -0.2) is 73.0 Å². The first-order valence-corrected chi connectivity index (χ1v) is 12.4. The molecule has 2 aliphatic heterocycles. The molecule has 0 bridgehead atoms. The number of amides is 2. The summed E-state index contributed by atoms with van der Waals surface area (Å²) in [5.41, 5.74) is 4.13. The van der Waals surface area contributed by atoms with Crippen LogP contribution < -0.4 is 5.73 Å². The summed E-state index contributed by atoms with van der Waals surface area (Å²) in [5, 5.41) is 1.69. The number of hydrogen-bond donors (Lipinski definition) is 1. The van der Waals surface area contributed by atoms with Crippen LogP contribution in [0.1, 0.15) is 33.6 Å². The van der Waals surface area contributed by atoms with Gasteiger partial charge < -0.3 is 20.1 Å². The Labute approximate surface area is 185 Å². The minimum atomic E-state index is -3.67. The number of hydrogen-bond acceptors (Lipinski definition) is 8.